The Bertz CT molecular complexity index is 520. The molecule has 0 aliphatic carbocycles. The molecule has 2 N–H and O–H groups in total. The maximum atomic E-state index is 5.91. The van der Waals surface area contributed by atoms with Crippen LogP contribution in [0.4, 0.5) is 0 Å². The molecule has 0 fully saturated rings. The molecule has 2 aromatic rings. The molecule has 0 saturated carbocycles. The molecule has 18 heavy (non-hydrogen) atoms. The van der Waals surface area contributed by atoms with Crippen LogP contribution in [0, 0.1) is 0 Å². The SMILES string of the molecule is CC(C)c1cccc(Oc2ccccc2CN)c1. The third-order valence-corrected chi connectivity index (χ3v) is 2.95. The van der Waals surface area contributed by atoms with Gasteiger partial charge in [-0.25, -0.2) is 0 Å². The Hall–Kier alpha value is -1.80. The molecule has 0 aliphatic rings. The predicted octanol–water partition coefficient (Wildman–Crippen LogP) is 4.06. The smallest absolute Gasteiger partial charge is 0.131 e. The minimum absolute atomic E-state index is 0.486. The molecule has 0 unspecified atom stereocenters. The lowest BCUT2D eigenvalue weighted by Crippen LogP contribution is -1.99. The molecule has 0 bridgehead atoms. The normalized spacial score (nSPS) is 10.7. The Morgan fingerprint density at radius 2 is 1.83 bits per heavy atom. The highest BCUT2D eigenvalue weighted by Crippen LogP contribution is 2.27. The maximum absolute atomic E-state index is 5.91. The Morgan fingerprint density at radius 3 is 2.56 bits per heavy atom. The van der Waals surface area contributed by atoms with Gasteiger partial charge >= 0.3 is 0 Å². The van der Waals surface area contributed by atoms with Crippen molar-refractivity contribution < 1.29 is 4.74 Å². The van der Waals surface area contributed by atoms with Crippen LogP contribution in [0.5, 0.6) is 11.5 Å². The number of hydrogen-bond acceptors (Lipinski definition) is 2. The highest BCUT2D eigenvalue weighted by atomic mass is 16.5. The Balaban J connectivity index is 2.25. The van der Waals surface area contributed by atoms with E-state index in [9.17, 15) is 0 Å². The van der Waals surface area contributed by atoms with Gasteiger partial charge in [0.05, 0.1) is 0 Å². The predicted molar refractivity (Wildman–Crippen MR) is 74.9 cm³/mol. The third kappa shape index (κ3) is 2.90. The van der Waals surface area contributed by atoms with Crippen molar-refractivity contribution in [2.75, 3.05) is 0 Å². The second-order valence-corrected chi connectivity index (χ2v) is 4.64. The fraction of sp³-hybridized carbons (Fsp3) is 0.250. The zero-order chi connectivity index (χ0) is 13.0. The largest absolute Gasteiger partial charge is 0.457 e. The van der Waals surface area contributed by atoms with E-state index in [1.807, 2.05) is 36.4 Å². The van der Waals surface area contributed by atoms with Crippen LogP contribution in [0.15, 0.2) is 48.5 Å². The summed E-state index contributed by atoms with van der Waals surface area (Å²) >= 11 is 0. The van der Waals surface area contributed by atoms with E-state index in [-0.39, 0.29) is 0 Å². The van der Waals surface area contributed by atoms with E-state index < -0.39 is 0 Å². The van der Waals surface area contributed by atoms with Gasteiger partial charge < -0.3 is 10.5 Å². The standard InChI is InChI=1S/C16H19NO/c1-12(2)13-7-5-8-15(10-13)18-16-9-4-3-6-14(16)11-17/h3-10,12H,11,17H2,1-2H3. The van der Waals surface area contributed by atoms with Crippen LogP contribution < -0.4 is 10.5 Å². The number of ether oxygens (including phenoxy) is 1. The minimum Gasteiger partial charge on any atom is -0.457 e. The summed E-state index contributed by atoms with van der Waals surface area (Å²) in [5.74, 6) is 2.20. The fourth-order valence-corrected chi connectivity index (χ4v) is 1.84. The molecule has 0 amide bonds. The van der Waals surface area contributed by atoms with Crippen molar-refractivity contribution in [3.8, 4) is 11.5 Å². The first-order chi connectivity index (χ1) is 8.70. The monoisotopic (exact) mass is 241 g/mol. The van der Waals surface area contributed by atoms with Gasteiger partial charge in [-0.05, 0) is 29.7 Å². The molecule has 94 valence electrons. The maximum Gasteiger partial charge on any atom is 0.131 e. The van der Waals surface area contributed by atoms with E-state index in [0.29, 0.717) is 12.5 Å². The van der Waals surface area contributed by atoms with E-state index in [1.54, 1.807) is 0 Å². The van der Waals surface area contributed by atoms with Crippen LogP contribution in [0.25, 0.3) is 0 Å². The lowest BCUT2D eigenvalue weighted by Gasteiger charge is -2.12. The van der Waals surface area contributed by atoms with Crippen molar-refractivity contribution in [1.82, 2.24) is 0 Å². The zero-order valence-corrected chi connectivity index (χ0v) is 10.9. The van der Waals surface area contributed by atoms with Gasteiger partial charge in [0.25, 0.3) is 0 Å². The summed E-state index contributed by atoms with van der Waals surface area (Å²) in [5, 5.41) is 0. The van der Waals surface area contributed by atoms with Gasteiger partial charge in [-0.3, -0.25) is 0 Å². The lowest BCUT2D eigenvalue weighted by atomic mass is 10.0. The van der Waals surface area contributed by atoms with Gasteiger partial charge in [-0.15, -0.1) is 0 Å². The third-order valence-electron chi connectivity index (χ3n) is 2.95. The minimum atomic E-state index is 0.486. The van der Waals surface area contributed by atoms with Crippen LogP contribution in [-0.2, 0) is 6.54 Å². The first kappa shape index (κ1) is 12.7. The molecule has 2 nitrogen and oxygen atoms in total. The van der Waals surface area contributed by atoms with Crippen LogP contribution >= 0.6 is 0 Å². The molecule has 2 rings (SSSR count). The molecular formula is C16H19NO. The summed E-state index contributed by atoms with van der Waals surface area (Å²) in [6, 6.07) is 16.1. The summed E-state index contributed by atoms with van der Waals surface area (Å²) in [4.78, 5) is 0. The molecule has 2 heteroatoms. The highest BCUT2D eigenvalue weighted by Gasteiger charge is 2.04. The van der Waals surface area contributed by atoms with Crippen LogP contribution in [0.1, 0.15) is 30.9 Å². The van der Waals surface area contributed by atoms with Gasteiger partial charge in [0.2, 0.25) is 0 Å². The van der Waals surface area contributed by atoms with E-state index in [2.05, 4.69) is 26.0 Å². The van der Waals surface area contributed by atoms with E-state index in [1.165, 1.54) is 5.56 Å². The van der Waals surface area contributed by atoms with Crippen molar-refractivity contribution in [2.45, 2.75) is 26.3 Å². The first-order valence-electron chi connectivity index (χ1n) is 6.26. The molecular weight excluding hydrogens is 222 g/mol. The average molecular weight is 241 g/mol. The van der Waals surface area contributed by atoms with Gasteiger partial charge in [0.1, 0.15) is 11.5 Å². The topological polar surface area (TPSA) is 35.2 Å². The highest BCUT2D eigenvalue weighted by molar-refractivity contribution is 5.39. The van der Waals surface area contributed by atoms with E-state index in [4.69, 9.17) is 10.5 Å². The second kappa shape index (κ2) is 5.69. The molecule has 0 atom stereocenters. The summed E-state index contributed by atoms with van der Waals surface area (Å²) in [6.45, 7) is 4.83. The van der Waals surface area contributed by atoms with Crippen LogP contribution in [-0.4, -0.2) is 0 Å². The van der Waals surface area contributed by atoms with Crippen LogP contribution in [0.3, 0.4) is 0 Å². The summed E-state index contributed by atoms with van der Waals surface area (Å²) < 4.78 is 5.91. The van der Waals surface area contributed by atoms with Crippen molar-refractivity contribution in [3.63, 3.8) is 0 Å². The number of rotatable bonds is 4. The lowest BCUT2D eigenvalue weighted by molar-refractivity contribution is 0.475. The van der Waals surface area contributed by atoms with Gasteiger partial charge in [-0.2, -0.15) is 0 Å². The number of para-hydroxylation sites is 1. The van der Waals surface area contributed by atoms with Crippen molar-refractivity contribution in [1.29, 1.82) is 0 Å². The number of hydrogen-bond donors (Lipinski definition) is 1. The van der Waals surface area contributed by atoms with Crippen molar-refractivity contribution in [2.24, 2.45) is 5.73 Å². The molecule has 0 radical (unpaired) electrons. The average Bonchev–Trinajstić information content (AvgIpc) is 2.39. The molecule has 0 spiro atoms. The van der Waals surface area contributed by atoms with Crippen molar-refractivity contribution >= 4 is 0 Å². The van der Waals surface area contributed by atoms with Crippen LogP contribution in [0.2, 0.25) is 0 Å². The molecule has 0 saturated heterocycles. The van der Waals surface area contributed by atoms with Gasteiger partial charge in [0.15, 0.2) is 0 Å². The van der Waals surface area contributed by atoms with E-state index >= 15 is 0 Å². The van der Waals surface area contributed by atoms with Gasteiger partial charge in [0, 0.05) is 12.1 Å². The summed E-state index contributed by atoms with van der Waals surface area (Å²) in [6.07, 6.45) is 0. The fourth-order valence-electron chi connectivity index (χ4n) is 1.84. The Labute approximate surface area is 108 Å². The number of benzene rings is 2. The molecule has 0 aliphatic heterocycles. The zero-order valence-electron chi connectivity index (χ0n) is 10.9. The van der Waals surface area contributed by atoms with Gasteiger partial charge in [-0.1, -0.05) is 44.2 Å². The molecule has 0 heterocycles. The number of nitrogens with two attached hydrogens (primary N) is 1. The second-order valence-electron chi connectivity index (χ2n) is 4.64. The molecule has 2 aromatic carbocycles. The van der Waals surface area contributed by atoms with E-state index in [0.717, 1.165) is 17.1 Å². The quantitative estimate of drug-likeness (QED) is 0.876. The summed E-state index contributed by atoms with van der Waals surface area (Å²) in [7, 11) is 0. The molecule has 0 aromatic heterocycles. The first-order valence-corrected chi connectivity index (χ1v) is 6.26. The Morgan fingerprint density at radius 1 is 1.06 bits per heavy atom. The van der Waals surface area contributed by atoms with Crippen molar-refractivity contribution in [3.05, 3.63) is 59.7 Å². The Kier molecular flexibility index (Phi) is 4.00. The summed E-state index contributed by atoms with van der Waals surface area (Å²) in [5.41, 5.74) is 8.00.